The smallest absolute Gasteiger partial charge is 0.240 e. The maximum atomic E-state index is 5.50. The molecule has 0 aliphatic rings. The van der Waals surface area contributed by atoms with Gasteiger partial charge in [-0.15, -0.1) is 0 Å². The molecule has 12 rings (SSSR count). The predicted octanol–water partition coefficient (Wildman–Crippen LogP) is 14.4. The van der Waals surface area contributed by atoms with Gasteiger partial charge in [0, 0.05) is 27.1 Å². The average Bonchev–Trinajstić information content (AvgIpc) is 3.87. The quantitative estimate of drug-likeness (QED) is 0.162. The van der Waals surface area contributed by atoms with Gasteiger partial charge in [0.1, 0.15) is 0 Å². The van der Waals surface area contributed by atoms with Crippen LogP contribution in [0.5, 0.6) is 0 Å². The maximum absolute atomic E-state index is 5.50. The molecular formula is C57H37N5. The highest BCUT2D eigenvalue weighted by Gasteiger charge is 2.22. The van der Waals surface area contributed by atoms with Gasteiger partial charge >= 0.3 is 0 Å². The fraction of sp³-hybridized carbons (Fsp3) is 0. The second kappa shape index (κ2) is 14.7. The number of rotatable bonds is 7. The van der Waals surface area contributed by atoms with Crippen molar-refractivity contribution in [3.05, 3.63) is 224 Å². The van der Waals surface area contributed by atoms with Gasteiger partial charge in [-0.1, -0.05) is 200 Å². The summed E-state index contributed by atoms with van der Waals surface area (Å²) in [4.78, 5) is 16.4. The van der Waals surface area contributed by atoms with Crippen LogP contribution in [0.15, 0.2) is 224 Å². The van der Waals surface area contributed by atoms with Crippen LogP contribution in [0.3, 0.4) is 0 Å². The highest BCUT2D eigenvalue weighted by Crippen LogP contribution is 2.39. The number of benzene rings is 9. The summed E-state index contributed by atoms with van der Waals surface area (Å²) in [5.74, 6) is 1.67. The fourth-order valence-corrected chi connectivity index (χ4v) is 9.07. The first-order valence-corrected chi connectivity index (χ1v) is 20.9. The van der Waals surface area contributed by atoms with Gasteiger partial charge < -0.3 is 0 Å². The molecule has 5 nitrogen and oxygen atoms in total. The maximum Gasteiger partial charge on any atom is 0.240 e. The largest absolute Gasteiger partial charge is 0.278 e. The minimum Gasteiger partial charge on any atom is -0.278 e. The van der Waals surface area contributed by atoms with E-state index < -0.39 is 0 Å². The van der Waals surface area contributed by atoms with Gasteiger partial charge in [-0.2, -0.15) is 15.0 Å². The van der Waals surface area contributed by atoms with E-state index in [-0.39, 0.29) is 0 Å². The normalized spacial score (nSPS) is 11.5. The van der Waals surface area contributed by atoms with E-state index >= 15 is 0 Å². The molecule has 290 valence electrons. The molecule has 3 heterocycles. The third kappa shape index (κ3) is 5.98. The molecule has 0 amide bonds. The van der Waals surface area contributed by atoms with Crippen LogP contribution >= 0.6 is 0 Å². The Bertz CT molecular complexity index is 3460. The van der Waals surface area contributed by atoms with Crippen molar-refractivity contribution < 1.29 is 0 Å². The summed E-state index contributed by atoms with van der Waals surface area (Å²) in [6.45, 7) is 0. The van der Waals surface area contributed by atoms with Crippen molar-refractivity contribution >= 4 is 43.6 Å². The van der Waals surface area contributed by atoms with E-state index in [0.717, 1.165) is 82.6 Å². The van der Waals surface area contributed by atoms with Crippen molar-refractivity contribution in [1.29, 1.82) is 0 Å². The summed E-state index contributed by atoms with van der Waals surface area (Å²) in [5.41, 5.74) is 14.0. The van der Waals surface area contributed by atoms with E-state index in [1.165, 1.54) is 11.1 Å². The Labute approximate surface area is 358 Å². The summed E-state index contributed by atoms with van der Waals surface area (Å²) in [6.07, 6.45) is 0. The Morgan fingerprint density at radius 2 is 0.597 bits per heavy atom. The van der Waals surface area contributed by atoms with Crippen LogP contribution < -0.4 is 0 Å². The van der Waals surface area contributed by atoms with Gasteiger partial charge in [0.2, 0.25) is 11.9 Å². The van der Waals surface area contributed by atoms with Gasteiger partial charge in [-0.3, -0.25) is 9.13 Å². The minimum absolute atomic E-state index is 0.538. The van der Waals surface area contributed by atoms with Crippen molar-refractivity contribution in [2.45, 2.75) is 0 Å². The second-order valence-corrected chi connectivity index (χ2v) is 15.6. The van der Waals surface area contributed by atoms with E-state index in [9.17, 15) is 0 Å². The van der Waals surface area contributed by atoms with Crippen LogP contribution in [0.2, 0.25) is 0 Å². The van der Waals surface area contributed by atoms with Crippen LogP contribution in [-0.2, 0) is 0 Å². The van der Waals surface area contributed by atoms with Crippen molar-refractivity contribution in [3.8, 4) is 67.8 Å². The minimum atomic E-state index is 0.538. The van der Waals surface area contributed by atoms with Crippen LogP contribution in [-0.4, -0.2) is 24.1 Å². The zero-order valence-electron chi connectivity index (χ0n) is 33.6. The van der Waals surface area contributed by atoms with E-state index in [0.29, 0.717) is 17.7 Å². The number of para-hydroxylation sites is 2. The molecular weight excluding hydrogens is 755 g/mol. The Morgan fingerprint density at radius 3 is 1.11 bits per heavy atom. The third-order valence-electron chi connectivity index (χ3n) is 12.0. The van der Waals surface area contributed by atoms with Gasteiger partial charge in [-0.05, 0) is 68.8 Å². The molecule has 0 atom stereocenters. The highest BCUT2D eigenvalue weighted by molar-refractivity contribution is 6.11. The second-order valence-electron chi connectivity index (χ2n) is 15.6. The molecule has 0 aliphatic heterocycles. The van der Waals surface area contributed by atoms with Gasteiger partial charge in [0.05, 0.1) is 22.1 Å². The molecule has 3 aromatic heterocycles. The lowest BCUT2D eigenvalue weighted by atomic mass is 9.96. The SMILES string of the molecule is c1ccc(-c2ccc(-c3ccccc3-c3nc(-n4c5ccccc5c5ccccc54)nc(-n4c5cc(-c6ccccc6)ccc5c5ccc(-c6ccccc6)cc54)n3)cc2)cc1. The monoisotopic (exact) mass is 791 g/mol. The first-order chi connectivity index (χ1) is 30.7. The third-order valence-corrected chi connectivity index (χ3v) is 12.0. The molecule has 0 saturated heterocycles. The Morgan fingerprint density at radius 1 is 0.242 bits per heavy atom. The molecule has 12 aromatic rings. The molecule has 62 heavy (non-hydrogen) atoms. The summed E-state index contributed by atoms with van der Waals surface area (Å²) in [7, 11) is 0. The summed E-state index contributed by atoms with van der Waals surface area (Å²) < 4.78 is 4.43. The molecule has 0 spiro atoms. The molecule has 0 radical (unpaired) electrons. The first kappa shape index (κ1) is 35.5. The van der Waals surface area contributed by atoms with Crippen molar-refractivity contribution in [2.24, 2.45) is 0 Å². The lowest BCUT2D eigenvalue weighted by Gasteiger charge is -2.15. The Balaban J connectivity index is 1.15. The molecule has 0 fully saturated rings. The summed E-state index contributed by atoms with van der Waals surface area (Å²) in [6, 6.07) is 79.3. The number of fused-ring (bicyclic) bond motifs is 6. The van der Waals surface area contributed by atoms with Crippen molar-refractivity contribution in [1.82, 2.24) is 24.1 Å². The van der Waals surface area contributed by atoms with Crippen molar-refractivity contribution in [3.63, 3.8) is 0 Å². The number of hydrogen-bond acceptors (Lipinski definition) is 3. The van der Waals surface area contributed by atoms with Gasteiger partial charge in [-0.25, -0.2) is 0 Å². The zero-order valence-corrected chi connectivity index (χ0v) is 33.6. The molecule has 0 saturated carbocycles. The molecule has 0 bridgehead atoms. The lowest BCUT2D eigenvalue weighted by molar-refractivity contribution is 0.893. The molecule has 9 aromatic carbocycles. The number of hydrogen-bond donors (Lipinski definition) is 0. The van der Waals surface area contributed by atoms with Gasteiger partial charge in [0.15, 0.2) is 5.82 Å². The average molecular weight is 792 g/mol. The van der Waals surface area contributed by atoms with Crippen LogP contribution in [0, 0.1) is 0 Å². The summed E-state index contributed by atoms with van der Waals surface area (Å²) >= 11 is 0. The van der Waals surface area contributed by atoms with Crippen LogP contribution in [0.4, 0.5) is 0 Å². The topological polar surface area (TPSA) is 48.5 Å². The standard InChI is InChI=1S/C57H37N5/c1-4-16-38(17-5-1)41-28-30-42(31-29-41)45-22-10-11-25-50(45)55-58-56(61-51-26-14-12-23-46(51)47-24-13-15-27-52(47)61)60-57(59-55)62-53-36-43(39-18-6-2-7-19-39)32-34-48(53)49-35-33-44(37-54(49)62)40-20-8-3-9-21-40/h1-37H. The molecule has 0 aliphatic carbocycles. The molecule has 0 N–H and O–H groups in total. The molecule has 5 heteroatoms. The predicted molar refractivity (Wildman–Crippen MR) is 256 cm³/mol. The number of aromatic nitrogens is 5. The first-order valence-electron chi connectivity index (χ1n) is 20.9. The van der Waals surface area contributed by atoms with Gasteiger partial charge in [0.25, 0.3) is 0 Å². The van der Waals surface area contributed by atoms with Crippen LogP contribution in [0.25, 0.3) is 111 Å². The molecule has 0 unspecified atom stereocenters. The lowest BCUT2D eigenvalue weighted by Crippen LogP contribution is -2.10. The van der Waals surface area contributed by atoms with Crippen molar-refractivity contribution in [2.75, 3.05) is 0 Å². The van der Waals surface area contributed by atoms with E-state index in [4.69, 9.17) is 15.0 Å². The Hall–Kier alpha value is -8.41. The fourth-order valence-electron chi connectivity index (χ4n) is 9.07. The van der Waals surface area contributed by atoms with Crippen LogP contribution in [0.1, 0.15) is 0 Å². The zero-order chi connectivity index (χ0) is 41.0. The Kier molecular flexibility index (Phi) is 8.42. The van der Waals surface area contributed by atoms with E-state index in [1.54, 1.807) is 0 Å². The van der Waals surface area contributed by atoms with E-state index in [1.807, 2.05) is 0 Å². The number of nitrogens with zero attached hydrogens (tertiary/aromatic N) is 5. The van der Waals surface area contributed by atoms with E-state index in [2.05, 4.69) is 234 Å². The summed E-state index contributed by atoms with van der Waals surface area (Å²) in [5, 5.41) is 4.53. The highest BCUT2D eigenvalue weighted by atomic mass is 15.3.